The van der Waals surface area contributed by atoms with Gasteiger partial charge in [-0.05, 0) is 18.7 Å². The summed E-state index contributed by atoms with van der Waals surface area (Å²) in [7, 11) is 1.54. The number of likely N-dealkylation sites (N-methyl/N-ethyl adjacent to an activating group) is 1. The van der Waals surface area contributed by atoms with Gasteiger partial charge in [-0.1, -0.05) is 48.5 Å². The molecule has 2 aromatic carbocycles. The van der Waals surface area contributed by atoms with E-state index in [2.05, 4.69) is 4.74 Å². The highest BCUT2D eigenvalue weighted by molar-refractivity contribution is 5.96. The van der Waals surface area contributed by atoms with Crippen molar-refractivity contribution in [1.29, 1.82) is 0 Å². The van der Waals surface area contributed by atoms with Crippen LogP contribution in [0.15, 0.2) is 54.6 Å². The second-order valence-corrected chi connectivity index (χ2v) is 5.74. The molecule has 1 unspecified atom stereocenters. The Labute approximate surface area is 153 Å². The van der Waals surface area contributed by atoms with Crippen LogP contribution in [0, 0.1) is 0 Å². The standard InChI is InChI=1S/C18H18F3N3O3/c1-24(11-13-9-5-6-10-14(13)27-18(19,20)21)15(16(25)23-17(22)26)12-7-3-2-4-8-12/h2-10,15H,11H2,1H3,(H3,22,23,25,26). The fraction of sp³-hybridized carbons (Fsp3) is 0.222. The van der Waals surface area contributed by atoms with Gasteiger partial charge in [0.25, 0.3) is 0 Å². The SMILES string of the molecule is CN(Cc1ccccc1OC(F)(F)F)C(C(=O)NC(N)=O)c1ccccc1. The molecule has 144 valence electrons. The molecule has 0 saturated heterocycles. The van der Waals surface area contributed by atoms with Crippen LogP contribution < -0.4 is 15.8 Å². The Kier molecular flexibility index (Phi) is 6.40. The minimum atomic E-state index is -4.84. The van der Waals surface area contributed by atoms with Crippen LogP contribution in [-0.4, -0.2) is 30.2 Å². The van der Waals surface area contributed by atoms with E-state index in [1.54, 1.807) is 43.4 Å². The molecule has 2 aromatic rings. The van der Waals surface area contributed by atoms with E-state index in [-0.39, 0.29) is 17.9 Å². The van der Waals surface area contributed by atoms with E-state index in [0.29, 0.717) is 5.56 Å². The van der Waals surface area contributed by atoms with Crippen molar-refractivity contribution in [3.8, 4) is 5.75 Å². The van der Waals surface area contributed by atoms with Crippen LogP contribution in [-0.2, 0) is 11.3 Å². The molecule has 27 heavy (non-hydrogen) atoms. The molecule has 6 nitrogen and oxygen atoms in total. The Hall–Kier alpha value is -3.07. The maximum Gasteiger partial charge on any atom is 0.573 e. The van der Waals surface area contributed by atoms with Crippen molar-refractivity contribution in [2.24, 2.45) is 5.73 Å². The summed E-state index contributed by atoms with van der Waals surface area (Å²) in [6, 6.07) is 12.2. The lowest BCUT2D eigenvalue weighted by atomic mass is 10.0. The van der Waals surface area contributed by atoms with Crippen molar-refractivity contribution >= 4 is 11.9 Å². The smallest absolute Gasteiger partial charge is 0.405 e. The molecule has 3 N–H and O–H groups in total. The van der Waals surface area contributed by atoms with E-state index >= 15 is 0 Å². The molecule has 0 bridgehead atoms. The number of para-hydroxylation sites is 1. The van der Waals surface area contributed by atoms with Gasteiger partial charge in [-0.25, -0.2) is 4.79 Å². The highest BCUT2D eigenvalue weighted by Gasteiger charge is 2.33. The molecule has 0 fully saturated rings. The lowest BCUT2D eigenvalue weighted by Crippen LogP contribution is -2.43. The number of imide groups is 1. The molecule has 0 spiro atoms. The van der Waals surface area contributed by atoms with E-state index in [1.165, 1.54) is 23.1 Å². The van der Waals surface area contributed by atoms with Crippen molar-refractivity contribution in [2.45, 2.75) is 18.9 Å². The van der Waals surface area contributed by atoms with Crippen LogP contribution in [0.1, 0.15) is 17.2 Å². The molecule has 1 atom stereocenters. The first kappa shape index (κ1) is 20.2. The number of hydrogen-bond acceptors (Lipinski definition) is 4. The predicted octanol–water partition coefficient (Wildman–Crippen LogP) is 2.95. The molecule has 9 heteroatoms. The number of ether oxygens (including phenoxy) is 1. The summed E-state index contributed by atoms with van der Waals surface area (Å²) in [5.74, 6) is -1.05. The molecule has 0 aliphatic rings. The van der Waals surface area contributed by atoms with Crippen molar-refractivity contribution in [2.75, 3.05) is 7.05 Å². The average molecular weight is 381 g/mol. The number of alkyl halides is 3. The van der Waals surface area contributed by atoms with E-state index in [0.717, 1.165) is 0 Å². The van der Waals surface area contributed by atoms with Gasteiger partial charge >= 0.3 is 12.4 Å². The maximum absolute atomic E-state index is 12.6. The Morgan fingerprint density at radius 3 is 2.30 bits per heavy atom. The summed E-state index contributed by atoms with van der Waals surface area (Å²) in [5, 5.41) is 2.01. The molecule has 0 aliphatic carbocycles. The van der Waals surface area contributed by atoms with Gasteiger partial charge in [-0.15, -0.1) is 13.2 Å². The third-order valence-electron chi connectivity index (χ3n) is 3.67. The Bertz CT molecular complexity index is 797. The number of nitrogens with one attached hydrogen (secondary N) is 1. The molecule has 0 radical (unpaired) electrons. The van der Waals surface area contributed by atoms with Crippen LogP contribution in [0.2, 0.25) is 0 Å². The van der Waals surface area contributed by atoms with Crippen LogP contribution in [0.5, 0.6) is 5.75 Å². The number of nitrogens with zero attached hydrogens (tertiary/aromatic N) is 1. The lowest BCUT2D eigenvalue weighted by Gasteiger charge is -2.27. The number of carbonyl (C=O) groups is 2. The molecule has 3 amide bonds. The Morgan fingerprint density at radius 1 is 1.11 bits per heavy atom. The quantitative estimate of drug-likeness (QED) is 0.806. The zero-order valence-corrected chi connectivity index (χ0v) is 14.4. The molecular weight excluding hydrogens is 363 g/mol. The van der Waals surface area contributed by atoms with Gasteiger partial charge in [0.2, 0.25) is 5.91 Å². The number of nitrogens with two attached hydrogens (primary N) is 1. The largest absolute Gasteiger partial charge is 0.573 e. The summed E-state index contributed by atoms with van der Waals surface area (Å²) in [4.78, 5) is 25.0. The lowest BCUT2D eigenvalue weighted by molar-refractivity contribution is -0.275. The van der Waals surface area contributed by atoms with Crippen LogP contribution in [0.3, 0.4) is 0 Å². The van der Waals surface area contributed by atoms with E-state index in [9.17, 15) is 22.8 Å². The van der Waals surface area contributed by atoms with Gasteiger partial charge in [-0.3, -0.25) is 15.0 Å². The summed E-state index contributed by atoms with van der Waals surface area (Å²) in [6.07, 6.45) is -4.84. The van der Waals surface area contributed by atoms with E-state index in [1.807, 2.05) is 5.32 Å². The van der Waals surface area contributed by atoms with Gasteiger partial charge < -0.3 is 10.5 Å². The first-order valence-electron chi connectivity index (χ1n) is 7.86. The second kappa shape index (κ2) is 8.54. The average Bonchev–Trinajstić information content (AvgIpc) is 2.56. The van der Waals surface area contributed by atoms with Gasteiger partial charge in [0.1, 0.15) is 11.8 Å². The zero-order valence-electron chi connectivity index (χ0n) is 14.4. The minimum absolute atomic E-state index is 0.0437. The number of urea groups is 1. The molecule has 0 heterocycles. The predicted molar refractivity (Wildman–Crippen MR) is 91.5 cm³/mol. The highest BCUT2D eigenvalue weighted by Crippen LogP contribution is 2.29. The molecule has 0 aliphatic heterocycles. The number of hydrogen-bond donors (Lipinski definition) is 2. The van der Waals surface area contributed by atoms with Crippen LogP contribution >= 0.6 is 0 Å². The summed E-state index contributed by atoms with van der Waals surface area (Å²) < 4.78 is 41.9. The fourth-order valence-corrected chi connectivity index (χ4v) is 2.65. The molecule has 0 aromatic heterocycles. The third-order valence-corrected chi connectivity index (χ3v) is 3.67. The summed E-state index contributed by atoms with van der Waals surface area (Å²) in [5.41, 5.74) is 5.80. The Morgan fingerprint density at radius 2 is 1.70 bits per heavy atom. The normalized spacial score (nSPS) is 12.5. The van der Waals surface area contributed by atoms with Crippen LogP contribution in [0.4, 0.5) is 18.0 Å². The van der Waals surface area contributed by atoms with Gasteiger partial charge in [0, 0.05) is 12.1 Å². The minimum Gasteiger partial charge on any atom is -0.405 e. The monoisotopic (exact) mass is 381 g/mol. The summed E-state index contributed by atoms with van der Waals surface area (Å²) in [6.45, 7) is -0.0437. The number of halogens is 3. The molecule has 0 saturated carbocycles. The first-order valence-corrected chi connectivity index (χ1v) is 7.86. The number of carbonyl (C=O) groups excluding carboxylic acids is 2. The molecule has 2 rings (SSSR count). The van der Waals surface area contributed by atoms with Crippen LogP contribution in [0.25, 0.3) is 0 Å². The highest BCUT2D eigenvalue weighted by atomic mass is 19.4. The van der Waals surface area contributed by atoms with Gasteiger partial charge in [-0.2, -0.15) is 0 Å². The van der Waals surface area contributed by atoms with E-state index in [4.69, 9.17) is 5.73 Å². The third kappa shape index (κ3) is 6.00. The number of benzene rings is 2. The molecular formula is C18H18F3N3O3. The fourth-order valence-electron chi connectivity index (χ4n) is 2.65. The zero-order chi connectivity index (χ0) is 20.0. The Balaban J connectivity index is 2.30. The van der Waals surface area contributed by atoms with Crippen molar-refractivity contribution in [3.63, 3.8) is 0 Å². The number of primary amides is 1. The van der Waals surface area contributed by atoms with Crippen molar-refractivity contribution in [1.82, 2.24) is 10.2 Å². The number of rotatable bonds is 6. The van der Waals surface area contributed by atoms with Gasteiger partial charge in [0.15, 0.2) is 0 Å². The summed E-state index contributed by atoms with van der Waals surface area (Å²) >= 11 is 0. The first-order chi connectivity index (χ1) is 12.7. The second-order valence-electron chi connectivity index (χ2n) is 5.74. The van der Waals surface area contributed by atoms with E-state index < -0.39 is 24.3 Å². The number of amides is 3. The van der Waals surface area contributed by atoms with Crippen molar-refractivity contribution in [3.05, 3.63) is 65.7 Å². The van der Waals surface area contributed by atoms with Crippen molar-refractivity contribution < 1.29 is 27.5 Å². The maximum atomic E-state index is 12.6. The van der Waals surface area contributed by atoms with Gasteiger partial charge in [0.05, 0.1) is 0 Å². The topological polar surface area (TPSA) is 84.7 Å².